The van der Waals surface area contributed by atoms with Gasteiger partial charge in [-0.2, -0.15) is 0 Å². The van der Waals surface area contributed by atoms with Crippen LogP contribution in [-0.2, 0) is 0 Å². The highest BCUT2D eigenvalue weighted by molar-refractivity contribution is 4.81. The predicted molar refractivity (Wildman–Crippen MR) is 92.0 cm³/mol. The monoisotopic (exact) mass is 278 g/mol. The Kier molecular flexibility index (Phi) is 9.31. The maximum atomic E-state index is 3.00. The molecule has 2 fully saturated rings. The minimum absolute atomic E-state index is 1.02. The first kappa shape index (κ1) is 17.8. The molecule has 0 aliphatic heterocycles. The molecule has 0 radical (unpaired) electrons. The normalized spacial score (nSPS) is 34.1. The van der Waals surface area contributed by atoms with Crippen molar-refractivity contribution in [2.75, 3.05) is 0 Å². The Morgan fingerprint density at radius 1 is 0.750 bits per heavy atom. The summed E-state index contributed by atoms with van der Waals surface area (Å²) in [5.41, 5.74) is 0. The maximum Gasteiger partial charge on any atom is -0.0386 e. The van der Waals surface area contributed by atoms with Crippen molar-refractivity contribution in [3.63, 3.8) is 0 Å². The third-order valence-electron chi connectivity index (χ3n) is 5.83. The first-order valence-electron chi connectivity index (χ1n) is 9.29. The zero-order valence-corrected chi connectivity index (χ0v) is 14.2. The molecule has 0 unspecified atom stereocenters. The Bertz CT molecular complexity index is 216. The van der Waals surface area contributed by atoms with Crippen LogP contribution in [0.4, 0.5) is 0 Å². The van der Waals surface area contributed by atoms with Gasteiger partial charge in [0.05, 0.1) is 0 Å². The maximum absolute atomic E-state index is 3.00. The molecule has 0 nitrogen and oxygen atoms in total. The zero-order chi connectivity index (χ0) is 14.8. The van der Waals surface area contributed by atoms with E-state index in [4.69, 9.17) is 0 Å². The molecule has 2 aliphatic rings. The molecule has 0 aromatic heterocycles. The summed E-state index contributed by atoms with van der Waals surface area (Å²) < 4.78 is 0. The minimum atomic E-state index is 1.02. The van der Waals surface area contributed by atoms with Crippen molar-refractivity contribution in [1.82, 2.24) is 0 Å². The topological polar surface area (TPSA) is 0 Å². The summed E-state index contributed by atoms with van der Waals surface area (Å²) in [6.45, 7) is 10.8. The van der Waals surface area contributed by atoms with Crippen LogP contribution in [0.25, 0.3) is 0 Å². The van der Waals surface area contributed by atoms with Gasteiger partial charge in [-0.25, -0.2) is 0 Å². The molecule has 0 bridgehead atoms. The van der Waals surface area contributed by atoms with Crippen molar-refractivity contribution in [2.45, 2.75) is 90.9 Å². The van der Waals surface area contributed by atoms with Crippen LogP contribution in [0.3, 0.4) is 0 Å². The number of rotatable bonds is 5. The van der Waals surface area contributed by atoms with Crippen molar-refractivity contribution < 1.29 is 0 Å². The molecule has 0 heteroatoms. The molecule has 2 rings (SSSR count). The lowest BCUT2D eigenvalue weighted by Crippen LogP contribution is -2.25. The van der Waals surface area contributed by atoms with E-state index in [2.05, 4.69) is 27.0 Å². The van der Waals surface area contributed by atoms with E-state index in [-0.39, 0.29) is 0 Å². The highest BCUT2D eigenvalue weighted by Crippen LogP contribution is 2.42. The van der Waals surface area contributed by atoms with E-state index < -0.39 is 0 Å². The van der Waals surface area contributed by atoms with Crippen LogP contribution in [0.15, 0.2) is 13.2 Å². The average Bonchev–Trinajstić information content (AvgIpc) is 2.51. The second-order valence-electron chi connectivity index (χ2n) is 7.30. The van der Waals surface area contributed by atoms with Crippen LogP contribution in [0, 0.1) is 23.7 Å². The van der Waals surface area contributed by atoms with Gasteiger partial charge < -0.3 is 0 Å². The molecule has 118 valence electrons. The lowest BCUT2D eigenvalue weighted by Gasteiger charge is -2.37. The Balaban J connectivity index is 0.000000956. The van der Waals surface area contributed by atoms with Crippen molar-refractivity contribution in [3.05, 3.63) is 13.2 Å². The Labute approximate surface area is 128 Å². The van der Waals surface area contributed by atoms with Crippen LogP contribution in [-0.4, -0.2) is 0 Å². The second-order valence-corrected chi connectivity index (χ2v) is 7.30. The molecule has 0 spiro atoms. The number of unbranched alkanes of at least 4 members (excludes halogenated alkanes) is 2. The Morgan fingerprint density at radius 3 is 1.75 bits per heavy atom. The molecule has 0 atom stereocenters. The molecular formula is C20H38. The summed E-state index contributed by atoms with van der Waals surface area (Å²) in [5, 5.41) is 0. The lowest BCUT2D eigenvalue weighted by atomic mass is 9.69. The minimum Gasteiger partial charge on any atom is -0.106 e. The summed E-state index contributed by atoms with van der Waals surface area (Å²) in [6.07, 6.45) is 18.2. The molecule has 0 N–H and O–H groups in total. The van der Waals surface area contributed by atoms with Gasteiger partial charge in [-0.05, 0) is 49.4 Å². The van der Waals surface area contributed by atoms with Crippen molar-refractivity contribution in [1.29, 1.82) is 0 Å². The van der Waals surface area contributed by atoms with Gasteiger partial charge in [0, 0.05) is 0 Å². The fourth-order valence-electron chi connectivity index (χ4n) is 4.39. The molecule has 0 saturated heterocycles. The molecule has 0 aromatic rings. The Morgan fingerprint density at radius 2 is 1.25 bits per heavy atom. The fourth-order valence-corrected chi connectivity index (χ4v) is 4.39. The van der Waals surface area contributed by atoms with E-state index in [1.807, 2.05) is 0 Å². The first-order chi connectivity index (χ1) is 9.79. The van der Waals surface area contributed by atoms with Crippen LogP contribution in [0.1, 0.15) is 90.9 Å². The molecule has 0 aromatic carbocycles. The Hall–Kier alpha value is -0.260. The van der Waals surface area contributed by atoms with Gasteiger partial charge in [0.2, 0.25) is 0 Å². The second kappa shape index (κ2) is 10.5. The summed E-state index contributed by atoms with van der Waals surface area (Å²) in [6, 6.07) is 0. The van der Waals surface area contributed by atoms with E-state index in [1.54, 1.807) is 38.5 Å². The highest BCUT2D eigenvalue weighted by Gasteiger charge is 2.29. The predicted octanol–water partition coefficient (Wildman–Crippen LogP) is 7.00. The third-order valence-corrected chi connectivity index (χ3v) is 5.83. The number of hydrogen-bond donors (Lipinski definition) is 0. The third kappa shape index (κ3) is 6.02. The smallest absolute Gasteiger partial charge is 0.0386 e. The molecular weight excluding hydrogens is 240 g/mol. The largest absolute Gasteiger partial charge is 0.106 e. The van der Waals surface area contributed by atoms with Gasteiger partial charge in [-0.3, -0.25) is 0 Å². The van der Waals surface area contributed by atoms with Crippen LogP contribution < -0.4 is 0 Å². The van der Waals surface area contributed by atoms with Crippen molar-refractivity contribution >= 4 is 0 Å². The summed E-state index contributed by atoms with van der Waals surface area (Å²) in [7, 11) is 0. The van der Waals surface area contributed by atoms with E-state index in [1.165, 1.54) is 38.5 Å². The van der Waals surface area contributed by atoms with Gasteiger partial charge in [-0.1, -0.05) is 65.2 Å². The van der Waals surface area contributed by atoms with E-state index in [0.717, 1.165) is 23.7 Å². The molecule has 0 amide bonds. The van der Waals surface area contributed by atoms with Crippen molar-refractivity contribution in [3.8, 4) is 0 Å². The first-order valence-corrected chi connectivity index (χ1v) is 9.29. The van der Waals surface area contributed by atoms with Gasteiger partial charge in [-0.15, -0.1) is 13.2 Å². The molecule has 20 heavy (non-hydrogen) atoms. The zero-order valence-electron chi connectivity index (χ0n) is 14.2. The average molecular weight is 279 g/mol. The quantitative estimate of drug-likeness (QED) is 0.375. The molecule has 0 heterocycles. The molecule has 2 saturated carbocycles. The van der Waals surface area contributed by atoms with Gasteiger partial charge >= 0.3 is 0 Å². The van der Waals surface area contributed by atoms with Gasteiger partial charge in [0.1, 0.15) is 0 Å². The van der Waals surface area contributed by atoms with Crippen molar-refractivity contribution in [2.24, 2.45) is 23.7 Å². The number of hydrogen-bond acceptors (Lipinski definition) is 0. The summed E-state index contributed by atoms with van der Waals surface area (Å²) in [5.74, 6) is 4.33. The SMILES string of the molecule is C=C.CCCCCC1CCC(C2CCC(C)CC2)CC1. The van der Waals surface area contributed by atoms with Gasteiger partial charge in [0.25, 0.3) is 0 Å². The highest BCUT2D eigenvalue weighted by atomic mass is 14.3. The summed E-state index contributed by atoms with van der Waals surface area (Å²) >= 11 is 0. The molecule has 2 aliphatic carbocycles. The van der Waals surface area contributed by atoms with Crippen LogP contribution >= 0.6 is 0 Å². The van der Waals surface area contributed by atoms with E-state index in [0.29, 0.717) is 0 Å². The van der Waals surface area contributed by atoms with E-state index >= 15 is 0 Å². The van der Waals surface area contributed by atoms with Gasteiger partial charge in [0.15, 0.2) is 0 Å². The fraction of sp³-hybridized carbons (Fsp3) is 0.900. The van der Waals surface area contributed by atoms with Crippen LogP contribution in [0.2, 0.25) is 0 Å². The summed E-state index contributed by atoms with van der Waals surface area (Å²) in [4.78, 5) is 0. The van der Waals surface area contributed by atoms with Crippen LogP contribution in [0.5, 0.6) is 0 Å². The lowest BCUT2D eigenvalue weighted by molar-refractivity contribution is 0.146. The van der Waals surface area contributed by atoms with E-state index in [9.17, 15) is 0 Å². The standard InChI is InChI=1S/C18H34.C2H4/c1-3-4-5-6-16-9-13-18(14-10-16)17-11-7-15(2)8-12-17;1-2/h15-18H,3-14H2,1-2H3;1-2H2.